The fourth-order valence-corrected chi connectivity index (χ4v) is 1.63. The third kappa shape index (κ3) is 2.08. The van der Waals surface area contributed by atoms with E-state index in [1.54, 1.807) is 18.2 Å². The van der Waals surface area contributed by atoms with Gasteiger partial charge in [0.15, 0.2) is 11.4 Å². The summed E-state index contributed by atoms with van der Waals surface area (Å²) in [4.78, 5) is 19.6. The highest BCUT2D eigenvalue weighted by Crippen LogP contribution is 2.24. The molecule has 0 saturated heterocycles. The molecule has 7 nitrogen and oxygen atoms in total. The number of aromatic nitrogens is 3. The first-order chi connectivity index (χ1) is 9.24. The first-order valence-electron chi connectivity index (χ1n) is 5.46. The lowest BCUT2D eigenvalue weighted by atomic mass is 10.2. The number of hydrogen-bond donors (Lipinski definition) is 2. The quantitative estimate of drug-likeness (QED) is 0.671. The number of hydrogen-bond acceptors (Lipinski definition) is 6. The van der Waals surface area contributed by atoms with Crippen molar-refractivity contribution in [1.82, 2.24) is 15.1 Å². The minimum absolute atomic E-state index is 0.197. The Bertz CT molecular complexity index is 738. The number of anilines is 2. The lowest BCUT2D eigenvalue weighted by Gasteiger charge is -2.00. The summed E-state index contributed by atoms with van der Waals surface area (Å²) in [5.74, 6) is -0.108. The van der Waals surface area contributed by atoms with Crippen molar-refractivity contribution in [2.24, 2.45) is 0 Å². The van der Waals surface area contributed by atoms with Gasteiger partial charge in [-0.2, -0.15) is 0 Å². The Morgan fingerprint density at radius 1 is 1.32 bits per heavy atom. The van der Waals surface area contributed by atoms with E-state index in [9.17, 15) is 4.79 Å². The highest BCUT2D eigenvalue weighted by molar-refractivity contribution is 6.06. The van der Waals surface area contributed by atoms with Gasteiger partial charge in [0.25, 0.3) is 5.91 Å². The minimum atomic E-state index is -0.411. The summed E-state index contributed by atoms with van der Waals surface area (Å²) in [6, 6.07) is 5.07. The van der Waals surface area contributed by atoms with Crippen molar-refractivity contribution in [2.45, 2.75) is 0 Å². The molecule has 0 unspecified atom stereocenters. The number of fused-ring (bicyclic) bond motifs is 1. The summed E-state index contributed by atoms with van der Waals surface area (Å²) in [5.41, 5.74) is 6.99. The van der Waals surface area contributed by atoms with Gasteiger partial charge in [0.05, 0.1) is 11.6 Å². The summed E-state index contributed by atoms with van der Waals surface area (Å²) in [7, 11) is 0. The molecule has 0 bridgehead atoms. The number of benzene rings is 1. The predicted octanol–water partition coefficient (Wildman–Crippen LogP) is 1.45. The normalized spacial score (nSPS) is 10.5. The molecule has 0 aliphatic rings. The van der Waals surface area contributed by atoms with Crippen LogP contribution in [0.4, 0.5) is 11.5 Å². The molecule has 19 heavy (non-hydrogen) atoms. The number of carbonyl (C=O) groups excluding carboxylic acids is 1. The van der Waals surface area contributed by atoms with Gasteiger partial charge in [-0.15, -0.1) is 0 Å². The lowest BCUT2D eigenvalue weighted by molar-refractivity contribution is 0.102. The van der Waals surface area contributed by atoms with E-state index >= 15 is 0 Å². The summed E-state index contributed by atoms with van der Waals surface area (Å²) in [6.07, 6.45) is 4.29. The van der Waals surface area contributed by atoms with Crippen molar-refractivity contribution < 1.29 is 9.32 Å². The lowest BCUT2D eigenvalue weighted by Crippen LogP contribution is -2.14. The molecule has 7 heteroatoms. The molecule has 3 N–H and O–H groups in total. The maximum absolute atomic E-state index is 11.9. The van der Waals surface area contributed by atoms with E-state index in [0.29, 0.717) is 22.5 Å². The van der Waals surface area contributed by atoms with E-state index in [1.165, 1.54) is 18.6 Å². The zero-order valence-electron chi connectivity index (χ0n) is 9.70. The fraction of sp³-hybridized carbons (Fsp3) is 0. The van der Waals surface area contributed by atoms with Gasteiger partial charge in [-0.1, -0.05) is 5.16 Å². The number of amides is 1. The molecule has 94 valence electrons. The minimum Gasteiger partial charge on any atom is -0.399 e. The standard InChI is InChI=1S/C12H9N5O2/c13-7-1-2-10-8(5-7)11(17-19-10)16-12(18)9-6-14-3-4-15-9/h1-6H,13H2,(H,16,17,18). The number of carbonyl (C=O) groups is 1. The first kappa shape index (κ1) is 11.1. The van der Waals surface area contributed by atoms with Crippen molar-refractivity contribution in [2.75, 3.05) is 11.1 Å². The number of nitrogens with zero attached hydrogens (tertiary/aromatic N) is 3. The Kier molecular flexibility index (Phi) is 2.57. The van der Waals surface area contributed by atoms with Crippen molar-refractivity contribution in [3.8, 4) is 0 Å². The molecule has 2 aromatic heterocycles. The van der Waals surface area contributed by atoms with Crippen LogP contribution in [0.1, 0.15) is 10.5 Å². The average molecular weight is 255 g/mol. The van der Waals surface area contributed by atoms with Crippen LogP contribution in [0.5, 0.6) is 0 Å². The van der Waals surface area contributed by atoms with E-state index in [2.05, 4.69) is 20.4 Å². The van der Waals surface area contributed by atoms with Crippen LogP contribution in [0.2, 0.25) is 0 Å². The van der Waals surface area contributed by atoms with Crippen molar-refractivity contribution >= 4 is 28.4 Å². The third-order valence-corrected chi connectivity index (χ3v) is 2.52. The van der Waals surface area contributed by atoms with E-state index in [4.69, 9.17) is 10.3 Å². The zero-order valence-corrected chi connectivity index (χ0v) is 9.70. The molecule has 1 aromatic carbocycles. The molecular weight excluding hydrogens is 246 g/mol. The molecule has 0 atom stereocenters. The van der Waals surface area contributed by atoms with Gasteiger partial charge >= 0.3 is 0 Å². The van der Waals surface area contributed by atoms with Gasteiger partial charge < -0.3 is 15.6 Å². The van der Waals surface area contributed by atoms with Crippen LogP contribution in [0, 0.1) is 0 Å². The molecular formula is C12H9N5O2. The number of nitrogen functional groups attached to an aromatic ring is 1. The van der Waals surface area contributed by atoms with Gasteiger partial charge in [-0.25, -0.2) is 4.98 Å². The summed E-state index contributed by atoms with van der Waals surface area (Å²) < 4.78 is 5.08. The van der Waals surface area contributed by atoms with Crippen LogP contribution in [0.15, 0.2) is 41.3 Å². The molecule has 1 amide bonds. The average Bonchev–Trinajstić information content (AvgIpc) is 2.82. The maximum Gasteiger partial charge on any atom is 0.277 e. The first-order valence-corrected chi connectivity index (χ1v) is 5.46. The van der Waals surface area contributed by atoms with Crippen LogP contribution in [-0.2, 0) is 0 Å². The van der Waals surface area contributed by atoms with Crippen LogP contribution in [-0.4, -0.2) is 21.0 Å². The number of nitrogens with one attached hydrogen (secondary N) is 1. The van der Waals surface area contributed by atoms with Gasteiger partial charge in [0.1, 0.15) is 5.69 Å². The molecule has 3 rings (SSSR count). The molecule has 0 aliphatic heterocycles. The summed E-state index contributed by atoms with van der Waals surface area (Å²) >= 11 is 0. The Labute approximate surface area is 107 Å². The summed E-state index contributed by atoms with van der Waals surface area (Å²) in [5, 5.41) is 7.03. The second-order valence-electron chi connectivity index (χ2n) is 3.83. The highest BCUT2D eigenvalue weighted by atomic mass is 16.5. The van der Waals surface area contributed by atoms with E-state index in [-0.39, 0.29) is 5.69 Å². The van der Waals surface area contributed by atoms with Gasteiger partial charge in [0.2, 0.25) is 0 Å². The van der Waals surface area contributed by atoms with Gasteiger partial charge in [0, 0.05) is 18.1 Å². The second kappa shape index (κ2) is 4.37. The molecule has 0 spiro atoms. The molecule has 2 heterocycles. The third-order valence-electron chi connectivity index (χ3n) is 2.52. The maximum atomic E-state index is 11.9. The van der Waals surface area contributed by atoms with Crippen LogP contribution < -0.4 is 11.1 Å². The Balaban J connectivity index is 1.94. The van der Waals surface area contributed by atoms with E-state index in [0.717, 1.165) is 0 Å². The van der Waals surface area contributed by atoms with Crippen LogP contribution >= 0.6 is 0 Å². The van der Waals surface area contributed by atoms with Crippen LogP contribution in [0.3, 0.4) is 0 Å². The van der Waals surface area contributed by atoms with E-state index < -0.39 is 5.91 Å². The SMILES string of the molecule is Nc1ccc2onc(NC(=O)c3cnccn3)c2c1. The largest absolute Gasteiger partial charge is 0.399 e. The molecule has 0 radical (unpaired) electrons. The van der Waals surface area contributed by atoms with Crippen molar-refractivity contribution in [1.29, 1.82) is 0 Å². The highest BCUT2D eigenvalue weighted by Gasteiger charge is 2.13. The topological polar surface area (TPSA) is 107 Å². The van der Waals surface area contributed by atoms with Crippen molar-refractivity contribution in [3.05, 3.63) is 42.5 Å². The second-order valence-corrected chi connectivity index (χ2v) is 3.83. The summed E-state index contributed by atoms with van der Waals surface area (Å²) in [6.45, 7) is 0. The van der Waals surface area contributed by atoms with Crippen LogP contribution in [0.25, 0.3) is 11.0 Å². The van der Waals surface area contributed by atoms with Gasteiger partial charge in [-0.3, -0.25) is 9.78 Å². The number of rotatable bonds is 2. The zero-order chi connectivity index (χ0) is 13.2. The smallest absolute Gasteiger partial charge is 0.277 e. The fourth-order valence-electron chi connectivity index (χ4n) is 1.63. The predicted molar refractivity (Wildman–Crippen MR) is 68.4 cm³/mol. The molecule has 0 fully saturated rings. The Morgan fingerprint density at radius 2 is 2.21 bits per heavy atom. The number of nitrogens with two attached hydrogens (primary N) is 1. The van der Waals surface area contributed by atoms with Gasteiger partial charge in [-0.05, 0) is 18.2 Å². The molecule has 3 aromatic rings. The van der Waals surface area contributed by atoms with Crippen molar-refractivity contribution in [3.63, 3.8) is 0 Å². The Hall–Kier alpha value is -2.96. The molecule has 0 aliphatic carbocycles. The van der Waals surface area contributed by atoms with E-state index in [1.807, 2.05) is 0 Å². The monoisotopic (exact) mass is 255 g/mol. The Morgan fingerprint density at radius 3 is 3.00 bits per heavy atom. The molecule has 0 saturated carbocycles.